The van der Waals surface area contributed by atoms with Crippen molar-refractivity contribution in [3.05, 3.63) is 48.3 Å². The molecule has 2 N–H and O–H groups in total. The van der Waals surface area contributed by atoms with Gasteiger partial charge in [0.05, 0.1) is 5.69 Å². The Morgan fingerprint density at radius 1 is 1.12 bits per heavy atom. The smallest absolute Gasteiger partial charge is 0.155 e. The molecule has 0 aliphatic rings. The Labute approximate surface area is 98.7 Å². The Hall–Kier alpha value is -2.36. The van der Waals surface area contributed by atoms with E-state index in [4.69, 9.17) is 5.73 Å². The molecule has 4 heteroatoms. The van der Waals surface area contributed by atoms with Crippen molar-refractivity contribution in [3.8, 4) is 11.3 Å². The van der Waals surface area contributed by atoms with Gasteiger partial charge in [0.2, 0.25) is 0 Å². The van der Waals surface area contributed by atoms with Crippen molar-refractivity contribution in [2.45, 2.75) is 6.92 Å². The molecule has 0 aliphatic carbocycles. The van der Waals surface area contributed by atoms with Crippen LogP contribution in [0.1, 0.15) is 5.69 Å². The Bertz CT molecular complexity index is 667. The quantitative estimate of drug-likeness (QED) is 0.645. The summed E-state index contributed by atoms with van der Waals surface area (Å²) in [6.45, 7) is 1.97. The Kier molecular flexibility index (Phi) is 2.08. The van der Waals surface area contributed by atoms with Crippen molar-refractivity contribution < 1.29 is 0 Å². The topological polar surface area (TPSA) is 56.2 Å². The molecule has 0 fully saturated rings. The Morgan fingerprint density at radius 2 is 1.88 bits per heavy atom. The minimum atomic E-state index is 0.756. The molecule has 0 radical (unpaired) electrons. The highest BCUT2D eigenvalue weighted by Crippen LogP contribution is 2.20. The van der Waals surface area contributed by atoms with E-state index in [9.17, 15) is 0 Å². The number of nitrogen functional groups attached to an aromatic ring is 1. The number of nitrogens with two attached hydrogens (primary N) is 1. The van der Waals surface area contributed by atoms with E-state index in [1.165, 1.54) is 0 Å². The van der Waals surface area contributed by atoms with Crippen LogP contribution in [0.25, 0.3) is 16.9 Å². The third-order valence-corrected chi connectivity index (χ3v) is 2.67. The van der Waals surface area contributed by atoms with Gasteiger partial charge in [0.15, 0.2) is 5.65 Å². The van der Waals surface area contributed by atoms with Crippen LogP contribution in [-0.4, -0.2) is 14.6 Å². The molecule has 0 spiro atoms. The molecule has 4 nitrogen and oxygen atoms in total. The molecule has 0 amide bonds. The minimum Gasteiger partial charge on any atom is -0.399 e. The predicted octanol–water partition coefficient (Wildman–Crippen LogP) is 2.29. The van der Waals surface area contributed by atoms with Crippen molar-refractivity contribution in [1.82, 2.24) is 14.6 Å². The van der Waals surface area contributed by atoms with Crippen molar-refractivity contribution >= 4 is 11.3 Å². The molecule has 0 saturated heterocycles. The summed E-state index contributed by atoms with van der Waals surface area (Å²) in [5.74, 6) is 0. The number of nitrogens with zero attached hydrogens (tertiary/aromatic N) is 3. The lowest BCUT2D eigenvalue weighted by Gasteiger charge is -1.96. The fraction of sp³-hybridized carbons (Fsp3) is 0.0769. The molecule has 84 valence electrons. The number of aryl methyl sites for hydroxylation is 1. The van der Waals surface area contributed by atoms with Crippen LogP contribution in [0.5, 0.6) is 0 Å². The lowest BCUT2D eigenvalue weighted by Crippen LogP contribution is -1.90. The molecule has 17 heavy (non-hydrogen) atoms. The molecule has 3 aromatic rings. The average Bonchev–Trinajstić information content (AvgIpc) is 2.72. The van der Waals surface area contributed by atoms with Crippen LogP contribution in [0, 0.1) is 6.92 Å². The SMILES string of the molecule is Cc1ccn2nc(-c3ccc(N)cc3)cc2n1. The summed E-state index contributed by atoms with van der Waals surface area (Å²) in [6.07, 6.45) is 1.92. The van der Waals surface area contributed by atoms with Gasteiger partial charge < -0.3 is 5.73 Å². The molecule has 2 heterocycles. The van der Waals surface area contributed by atoms with Gasteiger partial charge in [0.1, 0.15) is 0 Å². The van der Waals surface area contributed by atoms with Crippen LogP contribution in [0.3, 0.4) is 0 Å². The fourth-order valence-corrected chi connectivity index (χ4v) is 1.77. The van der Waals surface area contributed by atoms with Gasteiger partial charge in [0, 0.05) is 29.2 Å². The van der Waals surface area contributed by atoms with Gasteiger partial charge in [-0.15, -0.1) is 0 Å². The van der Waals surface area contributed by atoms with Crippen LogP contribution >= 0.6 is 0 Å². The lowest BCUT2D eigenvalue weighted by atomic mass is 10.1. The summed E-state index contributed by atoms with van der Waals surface area (Å²) in [5.41, 5.74) is 10.2. The molecule has 0 saturated carbocycles. The largest absolute Gasteiger partial charge is 0.399 e. The first-order valence-corrected chi connectivity index (χ1v) is 5.41. The molecular formula is C13H12N4. The summed E-state index contributed by atoms with van der Waals surface area (Å²) in [4.78, 5) is 4.42. The second-order valence-electron chi connectivity index (χ2n) is 4.02. The first-order valence-electron chi connectivity index (χ1n) is 5.41. The third-order valence-electron chi connectivity index (χ3n) is 2.67. The second kappa shape index (κ2) is 3.59. The number of benzene rings is 1. The molecule has 0 aliphatic heterocycles. The monoisotopic (exact) mass is 224 g/mol. The zero-order valence-corrected chi connectivity index (χ0v) is 9.46. The van der Waals surface area contributed by atoms with Crippen LogP contribution < -0.4 is 5.73 Å². The molecule has 0 bridgehead atoms. The summed E-state index contributed by atoms with van der Waals surface area (Å²) < 4.78 is 1.78. The maximum atomic E-state index is 5.66. The van der Waals surface area contributed by atoms with E-state index < -0.39 is 0 Å². The molecular weight excluding hydrogens is 212 g/mol. The summed E-state index contributed by atoms with van der Waals surface area (Å²) in [5, 5.41) is 4.47. The predicted molar refractivity (Wildman–Crippen MR) is 67.6 cm³/mol. The highest BCUT2D eigenvalue weighted by Gasteiger charge is 2.04. The lowest BCUT2D eigenvalue weighted by molar-refractivity contribution is 0.933. The van der Waals surface area contributed by atoms with Crippen LogP contribution in [0.2, 0.25) is 0 Å². The molecule has 3 rings (SSSR count). The maximum absolute atomic E-state index is 5.66. The number of rotatable bonds is 1. The minimum absolute atomic E-state index is 0.756. The summed E-state index contributed by atoms with van der Waals surface area (Å²) in [7, 11) is 0. The Morgan fingerprint density at radius 3 is 2.65 bits per heavy atom. The van der Waals surface area contributed by atoms with E-state index in [1.54, 1.807) is 4.52 Å². The summed E-state index contributed by atoms with van der Waals surface area (Å²) >= 11 is 0. The van der Waals surface area contributed by atoms with Crippen molar-refractivity contribution in [1.29, 1.82) is 0 Å². The third kappa shape index (κ3) is 1.73. The standard InChI is InChI=1S/C13H12N4/c1-9-6-7-17-13(15-9)8-12(16-17)10-2-4-11(14)5-3-10/h2-8H,14H2,1H3. The maximum Gasteiger partial charge on any atom is 0.155 e. The van der Waals surface area contributed by atoms with Crippen LogP contribution in [-0.2, 0) is 0 Å². The number of aromatic nitrogens is 3. The number of fused-ring (bicyclic) bond motifs is 1. The van der Waals surface area contributed by atoms with E-state index in [0.717, 1.165) is 28.3 Å². The number of hydrogen-bond donors (Lipinski definition) is 1. The second-order valence-corrected chi connectivity index (χ2v) is 4.02. The molecule has 2 aromatic heterocycles. The highest BCUT2D eigenvalue weighted by atomic mass is 15.2. The van der Waals surface area contributed by atoms with E-state index >= 15 is 0 Å². The molecule has 0 unspecified atom stereocenters. The zero-order valence-electron chi connectivity index (χ0n) is 9.46. The van der Waals surface area contributed by atoms with Gasteiger partial charge in [-0.1, -0.05) is 12.1 Å². The van der Waals surface area contributed by atoms with E-state index in [2.05, 4.69) is 10.1 Å². The molecule has 0 atom stereocenters. The number of hydrogen-bond acceptors (Lipinski definition) is 3. The average molecular weight is 224 g/mol. The van der Waals surface area contributed by atoms with Gasteiger partial charge in [-0.2, -0.15) is 5.10 Å². The first-order chi connectivity index (χ1) is 8.22. The Balaban J connectivity index is 2.14. The van der Waals surface area contributed by atoms with E-state index in [0.29, 0.717) is 0 Å². The van der Waals surface area contributed by atoms with Gasteiger partial charge in [-0.25, -0.2) is 9.50 Å². The van der Waals surface area contributed by atoms with Gasteiger partial charge in [-0.05, 0) is 25.1 Å². The normalized spacial score (nSPS) is 10.9. The first kappa shape index (κ1) is 9.84. The fourth-order valence-electron chi connectivity index (χ4n) is 1.77. The van der Waals surface area contributed by atoms with Gasteiger partial charge in [0.25, 0.3) is 0 Å². The van der Waals surface area contributed by atoms with E-state index in [1.807, 2.05) is 49.5 Å². The number of anilines is 1. The molecule has 1 aromatic carbocycles. The van der Waals surface area contributed by atoms with Crippen molar-refractivity contribution in [2.24, 2.45) is 0 Å². The van der Waals surface area contributed by atoms with Crippen molar-refractivity contribution in [2.75, 3.05) is 5.73 Å². The van der Waals surface area contributed by atoms with Gasteiger partial charge in [-0.3, -0.25) is 0 Å². The highest BCUT2D eigenvalue weighted by molar-refractivity contribution is 5.65. The van der Waals surface area contributed by atoms with Gasteiger partial charge >= 0.3 is 0 Å². The summed E-state index contributed by atoms with van der Waals surface area (Å²) in [6, 6.07) is 11.6. The van der Waals surface area contributed by atoms with E-state index in [-0.39, 0.29) is 0 Å². The van der Waals surface area contributed by atoms with Crippen LogP contribution in [0.15, 0.2) is 42.6 Å². The van der Waals surface area contributed by atoms with Crippen molar-refractivity contribution in [3.63, 3.8) is 0 Å². The zero-order chi connectivity index (χ0) is 11.8. The van der Waals surface area contributed by atoms with Crippen LogP contribution in [0.4, 0.5) is 5.69 Å².